The van der Waals surface area contributed by atoms with Gasteiger partial charge < -0.3 is 9.80 Å². The number of hydrogen-bond donors (Lipinski definition) is 0. The monoisotopic (exact) mass is 364 g/mol. The summed E-state index contributed by atoms with van der Waals surface area (Å²) in [6.07, 6.45) is 11.6. The molecule has 3 unspecified atom stereocenters. The highest BCUT2D eigenvalue weighted by molar-refractivity contribution is 8.06. The lowest BCUT2D eigenvalue weighted by molar-refractivity contribution is -0.132. The van der Waals surface area contributed by atoms with Crippen LogP contribution in [0, 0.1) is 5.92 Å². The minimum absolute atomic E-state index is 0.00767. The number of carbonyl (C=O) groups is 1. The van der Waals surface area contributed by atoms with E-state index >= 15 is 0 Å². The minimum Gasteiger partial charge on any atom is -0.337 e. The number of rotatable bonds is 3. The molecule has 3 aliphatic heterocycles. The molecule has 0 aromatic heterocycles. The molecule has 0 radical (unpaired) electrons. The van der Waals surface area contributed by atoms with Crippen molar-refractivity contribution in [1.29, 1.82) is 0 Å². The van der Waals surface area contributed by atoms with Crippen LogP contribution in [0.25, 0.3) is 0 Å². The molecule has 0 N–H and O–H groups in total. The molecule has 24 heavy (non-hydrogen) atoms. The van der Waals surface area contributed by atoms with Gasteiger partial charge in [0.15, 0.2) is 0 Å². The van der Waals surface area contributed by atoms with Gasteiger partial charge in [0.1, 0.15) is 4.75 Å². The summed E-state index contributed by atoms with van der Waals surface area (Å²) < 4.78 is -0.367. The molecule has 4 atom stereocenters. The molecule has 1 saturated carbocycles. The molecule has 0 spiro atoms. The molecule has 5 rings (SSSR count). The van der Waals surface area contributed by atoms with Crippen LogP contribution in [0.1, 0.15) is 38.5 Å². The Kier molecular flexibility index (Phi) is 3.80. The van der Waals surface area contributed by atoms with E-state index in [-0.39, 0.29) is 10.1 Å². The topological polar surface area (TPSA) is 23.6 Å². The van der Waals surface area contributed by atoms with Gasteiger partial charge in [0.05, 0.1) is 5.38 Å². The van der Waals surface area contributed by atoms with Crippen LogP contribution in [0.15, 0.2) is 22.6 Å². The van der Waals surface area contributed by atoms with Crippen molar-refractivity contribution in [3.63, 3.8) is 0 Å². The van der Waals surface area contributed by atoms with Crippen molar-refractivity contribution in [2.24, 2.45) is 5.92 Å². The molecular weight excluding hydrogens is 340 g/mol. The summed E-state index contributed by atoms with van der Waals surface area (Å²) in [6.45, 7) is 4.41. The largest absolute Gasteiger partial charge is 0.337 e. The zero-order chi connectivity index (χ0) is 16.3. The number of likely N-dealkylation sites (tertiary alicyclic amines) is 2. The molecule has 130 valence electrons. The molecule has 1 amide bonds. The standard InChI is InChI=1S/C19H25ClN2OS/c20-17-16-14-7-1-2-8-15(14)24-19(16,17)18(23)22-11-5-6-13(22)12-21-9-3-4-10-21/h2,8,13,16-17H,1,3-7,9-12H2/t13-,16?,17?,19?/m0/s1. The van der Waals surface area contributed by atoms with Crippen LogP contribution in [0.2, 0.25) is 0 Å². The van der Waals surface area contributed by atoms with Crippen LogP contribution in [-0.4, -0.2) is 58.1 Å². The van der Waals surface area contributed by atoms with Gasteiger partial charge in [0.2, 0.25) is 5.91 Å². The Balaban J connectivity index is 1.34. The molecule has 0 aromatic rings. The molecule has 0 aromatic carbocycles. The Hall–Kier alpha value is -0.450. The summed E-state index contributed by atoms with van der Waals surface area (Å²) in [7, 11) is 0. The van der Waals surface area contributed by atoms with Crippen LogP contribution < -0.4 is 0 Å². The van der Waals surface area contributed by atoms with Crippen molar-refractivity contribution < 1.29 is 4.79 Å². The van der Waals surface area contributed by atoms with Gasteiger partial charge in [-0.25, -0.2) is 0 Å². The molecule has 0 bridgehead atoms. The third-order valence-corrected chi connectivity index (χ3v) is 8.88. The third kappa shape index (κ3) is 2.18. The number of thioether (sulfide) groups is 1. The fourth-order valence-electron chi connectivity index (χ4n) is 5.20. The van der Waals surface area contributed by atoms with E-state index in [2.05, 4.69) is 22.0 Å². The van der Waals surface area contributed by atoms with E-state index in [9.17, 15) is 4.79 Å². The van der Waals surface area contributed by atoms with Crippen LogP contribution in [0.5, 0.6) is 0 Å². The Bertz CT molecular complexity index is 627. The third-order valence-electron chi connectivity index (χ3n) is 6.52. The van der Waals surface area contributed by atoms with Gasteiger partial charge in [-0.3, -0.25) is 4.79 Å². The maximum absolute atomic E-state index is 13.5. The molecule has 5 aliphatic rings. The molecule has 2 saturated heterocycles. The van der Waals surface area contributed by atoms with Crippen LogP contribution in [0.3, 0.4) is 0 Å². The first-order valence-corrected chi connectivity index (χ1v) is 10.7. The summed E-state index contributed by atoms with van der Waals surface area (Å²) in [6, 6.07) is 0.406. The lowest BCUT2D eigenvalue weighted by Crippen LogP contribution is -2.47. The Labute approximate surface area is 153 Å². The number of hydrogen-bond acceptors (Lipinski definition) is 3. The molecular formula is C19H25ClN2OS. The fraction of sp³-hybridized carbons (Fsp3) is 0.737. The second-order valence-electron chi connectivity index (χ2n) is 7.91. The normalized spacial score (nSPS) is 41.0. The van der Waals surface area contributed by atoms with Crippen molar-refractivity contribution >= 4 is 29.3 Å². The average molecular weight is 365 g/mol. The van der Waals surface area contributed by atoms with E-state index in [0.29, 0.717) is 17.9 Å². The van der Waals surface area contributed by atoms with Gasteiger partial charge >= 0.3 is 0 Å². The number of halogens is 1. The van der Waals surface area contributed by atoms with Gasteiger partial charge in [-0.1, -0.05) is 12.2 Å². The first-order chi connectivity index (χ1) is 11.7. The molecule has 3 heterocycles. The zero-order valence-electron chi connectivity index (χ0n) is 14.0. The predicted octanol–water partition coefficient (Wildman–Crippen LogP) is 3.40. The van der Waals surface area contributed by atoms with Crippen molar-refractivity contribution in [3.8, 4) is 0 Å². The number of nitrogens with zero attached hydrogens (tertiary/aromatic N) is 2. The lowest BCUT2D eigenvalue weighted by Gasteiger charge is -2.31. The van der Waals surface area contributed by atoms with Crippen molar-refractivity contribution in [2.75, 3.05) is 26.2 Å². The summed E-state index contributed by atoms with van der Waals surface area (Å²) in [5, 5.41) is 0.00767. The van der Waals surface area contributed by atoms with Gasteiger partial charge in [0, 0.05) is 30.0 Å². The minimum atomic E-state index is -0.367. The van der Waals surface area contributed by atoms with Crippen LogP contribution in [0.4, 0.5) is 0 Å². The van der Waals surface area contributed by atoms with Crippen molar-refractivity contribution in [3.05, 3.63) is 22.6 Å². The number of amides is 1. The summed E-state index contributed by atoms with van der Waals surface area (Å²) in [5.41, 5.74) is 1.46. The molecule has 5 heteroatoms. The summed E-state index contributed by atoms with van der Waals surface area (Å²) in [4.78, 5) is 19.6. The lowest BCUT2D eigenvalue weighted by atomic mass is 9.99. The highest BCUT2D eigenvalue weighted by atomic mass is 35.5. The first-order valence-electron chi connectivity index (χ1n) is 9.48. The van der Waals surface area contributed by atoms with E-state index in [1.807, 2.05) is 0 Å². The van der Waals surface area contributed by atoms with E-state index in [0.717, 1.165) is 38.8 Å². The molecule has 3 nitrogen and oxygen atoms in total. The van der Waals surface area contributed by atoms with Crippen LogP contribution >= 0.6 is 23.4 Å². The number of alkyl halides is 1. The highest BCUT2D eigenvalue weighted by Gasteiger charge is 2.75. The SMILES string of the molecule is O=C(N1CCC[C@H]1CN1CCCC1)C12SC3=C(CCC=C3)C1C2Cl. The molecule has 3 fully saturated rings. The van der Waals surface area contributed by atoms with Gasteiger partial charge in [-0.15, -0.1) is 23.4 Å². The average Bonchev–Trinajstić information content (AvgIpc) is 3.12. The first kappa shape index (κ1) is 15.8. The Morgan fingerprint density at radius 2 is 2.12 bits per heavy atom. The number of carbonyl (C=O) groups excluding carboxylic acids is 1. The number of fused-ring (bicyclic) bond motifs is 2. The zero-order valence-corrected chi connectivity index (χ0v) is 15.6. The smallest absolute Gasteiger partial charge is 0.241 e. The highest BCUT2D eigenvalue weighted by Crippen LogP contribution is 2.71. The Morgan fingerprint density at radius 3 is 2.96 bits per heavy atom. The van der Waals surface area contributed by atoms with E-state index < -0.39 is 0 Å². The second kappa shape index (κ2) is 5.78. The predicted molar refractivity (Wildman–Crippen MR) is 99.3 cm³/mol. The Morgan fingerprint density at radius 1 is 1.29 bits per heavy atom. The van der Waals surface area contributed by atoms with E-state index in [4.69, 9.17) is 11.6 Å². The molecule has 2 aliphatic carbocycles. The van der Waals surface area contributed by atoms with Crippen LogP contribution in [-0.2, 0) is 4.79 Å². The van der Waals surface area contributed by atoms with E-state index in [1.165, 1.54) is 36.4 Å². The van der Waals surface area contributed by atoms with Gasteiger partial charge in [0.25, 0.3) is 0 Å². The van der Waals surface area contributed by atoms with Gasteiger partial charge in [-0.05, 0) is 57.2 Å². The summed E-state index contributed by atoms with van der Waals surface area (Å²) in [5.74, 6) is 0.631. The second-order valence-corrected chi connectivity index (χ2v) is 9.70. The quantitative estimate of drug-likeness (QED) is 0.717. The summed E-state index contributed by atoms with van der Waals surface area (Å²) >= 11 is 8.46. The maximum atomic E-state index is 13.5. The van der Waals surface area contributed by atoms with Crippen molar-refractivity contribution in [2.45, 2.75) is 54.7 Å². The fourth-order valence-corrected chi connectivity index (χ4v) is 7.60. The van der Waals surface area contributed by atoms with E-state index in [1.54, 1.807) is 11.8 Å². The number of allylic oxidation sites excluding steroid dienone is 3. The van der Waals surface area contributed by atoms with Crippen molar-refractivity contribution in [1.82, 2.24) is 9.80 Å². The van der Waals surface area contributed by atoms with Gasteiger partial charge in [-0.2, -0.15) is 0 Å². The maximum Gasteiger partial charge on any atom is 0.241 e.